The Morgan fingerprint density at radius 1 is 1.08 bits per heavy atom. The van der Waals surface area contributed by atoms with E-state index in [2.05, 4.69) is 15.7 Å². The number of aromatic nitrogens is 2. The largest absolute Gasteiger partial charge is 0.465 e. The van der Waals surface area contributed by atoms with Gasteiger partial charge in [-0.2, -0.15) is 5.10 Å². The van der Waals surface area contributed by atoms with Crippen molar-refractivity contribution in [2.75, 3.05) is 10.6 Å². The van der Waals surface area contributed by atoms with Gasteiger partial charge in [-0.25, -0.2) is 4.79 Å². The number of aryl methyl sites for hydroxylation is 1. The van der Waals surface area contributed by atoms with Crippen LogP contribution in [0.3, 0.4) is 0 Å². The minimum atomic E-state index is -1.12. The molecular formula is C18H15ClN4O3. The normalized spacial score (nSPS) is 10.4. The van der Waals surface area contributed by atoms with Gasteiger partial charge in [0.1, 0.15) is 5.82 Å². The SMILES string of the molecule is Cn1nc(-c2ccc(NC(=O)O)cc2)cc1NC(=O)c1ccccc1Cl. The van der Waals surface area contributed by atoms with Crippen LogP contribution in [0.1, 0.15) is 10.4 Å². The Morgan fingerprint density at radius 2 is 1.77 bits per heavy atom. The summed E-state index contributed by atoms with van der Waals surface area (Å²) in [4.78, 5) is 23.0. The standard InChI is InChI=1S/C18H15ClN4O3/c1-23-16(21-17(24)13-4-2-3-5-14(13)19)10-15(22-23)11-6-8-12(9-7-11)20-18(25)26/h2-10,20H,1H3,(H,21,24)(H,25,26). The van der Waals surface area contributed by atoms with Crippen LogP contribution >= 0.6 is 11.6 Å². The van der Waals surface area contributed by atoms with E-state index in [0.717, 1.165) is 5.56 Å². The van der Waals surface area contributed by atoms with Crippen LogP contribution in [0.25, 0.3) is 11.3 Å². The Hall–Kier alpha value is -3.32. The molecule has 0 atom stereocenters. The fraction of sp³-hybridized carbons (Fsp3) is 0.0556. The molecule has 0 bridgehead atoms. The molecule has 1 heterocycles. The molecule has 0 aliphatic carbocycles. The molecule has 2 aromatic carbocycles. The van der Waals surface area contributed by atoms with Crippen LogP contribution in [-0.4, -0.2) is 26.9 Å². The molecule has 0 fully saturated rings. The summed E-state index contributed by atoms with van der Waals surface area (Å²) in [5.41, 5.74) is 2.27. The number of carbonyl (C=O) groups is 2. The van der Waals surface area contributed by atoms with Crippen molar-refractivity contribution in [3.8, 4) is 11.3 Å². The summed E-state index contributed by atoms with van der Waals surface area (Å²) in [7, 11) is 1.71. The van der Waals surface area contributed by atoms with E-state index in [-0.39, 0.29) is 5.91 Å². The monoisotopic (exact) mass is 370 g/mol. The van der Waals surface area contributed by atoms with E-state index in [4.69, 9.17) is 16.7 Å². The van der Waals surface area contributed by atoms with Gasteiger partial charge in [0.25, 0.3) is 5.91 Å². The number of rotatable bonds is 4. The molecule has 3 N–H and O–H groups in total. The molecule has 26 heavy (non-hydrogen) atoms. The highest BCUT2D eigenvalue weighted by Gasteiger charge is 2.14. The number of hydrogen-bond donors (Lipinski definition) is 3. The van der Waals surface area contributed by atoms with E-state index in [0.29, 0.717) is 27.8 Å². The second kappa shape index (κ2) is 7.28. The van der Waals surface area contributed by atoms with E-state index < -0.39 is 6.09 Å². The maximum Gasteiger partial charge on any atom is 0.409 e. The Morgan fingerprint density at radius 3 is 2.42 bits per heavy atom. The third-order valence-corrected chi connectivity index (χ3v) is 4.00. The van der Waals surface area contributed by atoms with Crippen molar-refractivity contribution in [2.45, 2.75) is 0 Å². The smallest absolute Gasteiger partial charge is 0.409 e. The summed E-state index contributed by atoms with van der Waals surface area (Å²) in [6.45, 7) is 0. The zero-order chi connectivity index (χ0) is 18.7. The van der Waals surface area contributed by atoms with Gasteiger partial charge >= 0.3 is 6.09 Å². The number of benzene rings is 2. The molecule has 0 spiro atoms. The van der Waals surface area contributed by atoms with Crippen molar-refractivity contribution in [3.63, 3.8) is 0 Å². The Bertz CT molecular complexity index is 967. The molecule has 8 heteroatoms. The molecule has 0 aliphatic rings. The summed E-state index contributed by atoms with van der Waals surface area (Å²) in [6.07, 6.45) is -1.12. The van der Waals surface area contributed by atoms with Crippen LogP contribution in [-0.2, 0) is 7.05 Å². The van der Waals surface area contributed by atoms with Gasteiger partial charge in [0.15, 0.2) is 0 Å². The molecule has 7 nitrogen and oxygen atoms in total. The average Bonchev–Trinajstić information content (AvgIpc) is 2.96. The first kappa shape index (κ1) is 17.5. The summed E-state index contributed by atoms with van der Waals surface area (Å²) in [5, 5.41) is 18.5. The Labute approximate surface area is 154 Å². The third-order valence-electron chi connectivity index (χ3n) is 3.67. The highest BCUT2D eigenvalue weighted by Crippen LogP contribution is 2.24. The van der Waals surface area contributed by atoms with Crippen molar-refractivity contribution >= 4 is 35.1 Å². The minimum absolute atomic E-state index is 0.328. The minimum Gasteiger partial charge on any atom is -0.465 e. The van der Waals surface area contributed by atoms with Crippen molar-refractivity contribution in [1.82, 2.24) is 9.78 Å². The topological polar surface area (TPSA) is 96.2 Å². The van der Waals surface area contributed by atoms with Gasteiger partial charge in [0, 0.05) is 24.4 Å². The van der Waals surface area contributed by atoms with Crippen molar-refractivity contribution in [3.05, 3.63) is 65.2 Å². The lowest BCUT2D eigenvalue weighted by Gasteiger charge is -2.06. The summed E-state index contributed by atoms with van der Waals surface area (Å²) in [5.74, 6) is 0.184. The van der Waals surface area contributed by atoms with E-state index in [1.165, 1.54) is 0 Å². The van der Waals surface area contributed by atoms with Crippen LogP contribution in [0.15, 0.2) is 54.6 Å². The number of nitrogens with zero attached hydrogens (tertiary/aromatic N) is 2. The zero-order valence-electron chi connectivity index (χ0n) is 13.7. The molecule has 0 saturated heterocycles. The lowest BCUT2D eigenvalue weighted by Crippen LogP contribution is -2.14. The summed E-state index contributed by atoms with van der Waals surface area (Å²) in [6, 6.07) is 15.3. The van der Waals surface area contributed by atoms with Crippen molar-refractivity contribution in [2.24, 2.45) is 7.05 Å². The van der Waals surface area contributed by atoms with E-state index in [9.17, 15) is 9.59 Å². The van der Waals surface area contributed by atoms with Gasteiger partial charge in [-0.05, 0) is 24.3 Å². The van der Waals surface area contributed by atoms with Gasteiger partial charge < -0.3 is 10.4 Å². The highest BCUT2D eigenvalue weighted by atomic mass is 35.5. The van der Waals surface area contributed by atoms with Gasteiger partial charge in [0.2, 0.25) is 0 Å². The Balaban J connectivity index is 1.80. The summed E-state index contributed by atoms with van der Waals surface area (Å²) < 4.78 is 1.55. The lowest BCUT2D eigenvalue weighted by atomic mass is 10.1. The van der Waals surface area contributed by atoms with E-state index >= 15 is 0 Å². The van der Waals surface area contributed by atoms with Gasteiger partial charge in [-0.15, -0.1) is 0 Å². The Kier molecular flexibility index (Phi) is 4.90. The van der Waals surface area contributed by atoms with Gasteiger partial charge in [-0.1, -0.05) is 35.9 Å². The second-order valence-electron chi connectivity index (χ2n) is 5.48. The maximum atomic E-state index is 12.4. The second-order valence-corrected chi connectivity index (χ2v) is 5.89. The molecular weight excluding hydrogens is 356 g/mol. The van der Waals surface area contributed by atoms with Crippen LogP contribution in [0.5, 0.6) is 0 Å². The molecule has 0 saturated carbocycles. The average molecular weight is 371 g/mol. The molecule has 2 amide bonds. The molecule has 132 valence electrons. The highest BCUT2D eigenvalue weighted by molar-refractivity contribution is 6.34. The number of halogens is 1. The number of carboxylic acid groups (broad SMARTS) is 1. The molecule has 3 aromatic rings. The molecule has 0 unspecified atom stereocenters. The van der Waals surface area contributed by atoms with Crippen LogP contribution < -0.4 is 10.6 Å². The number of amides is 2. The fourth-order valence-electron chi connectivity index (χ4n) is 2.40. The molecule has 0 aliphatic heterocycles. The maximum absolute atomic E-state index is 12.4. The van der Waals surface area contributed by atoms with E-state index in [1.54, 1.807) is 66.3 Å². The molecule has 3 rings (SSSR count). The van der Waals surface area contributed by atoms with Gasteiger partial charge in [0.05, 0.1) is 16.3 Å². The van der Waals surface area contributed by atoms with Crippen LogP contribution in [0.4, 0.5) is 16.3 Å². The first-order valence-corrected chi connectivity index (χ1v) is 8.02. The third kappa shape index (κ3) is 3.84. The predicted molar refractivity (Wildman–Crippen MR) is 99.7 cm³/mol. The molecule has 0 radical (unpaired) electrons. The van der Waals surface area contributed by atoms with Crippen molar-refractivity contribution < 1.29 is 14.7 Å². The quantitative estimate of drug-likeness (QED) is 0.644. The summed E-state index contributed by atoms with van der Waals surface area (Å²) >= 11 is 6.05. The van der Waals surface area contributed by atoms with Gasteiger partial charge in [-0.3, -0.25) is 14.8 Å². The molecule has 1 aromatic heterocycles. The fourth-order valence-corrected chi connectivity index (χ4v) is 2.62. The number of anilines is 2. The van der Waals surface area contributed by atoms with Crippen molar-refractivity contribution in [1.29, 1.82) is 0 Å². The number of nitrogens with one attached hydrogen (secondary N) is 2. The lowest BCUT2D eigenvalue weighted by molar-refractivity contribution is 0.102. The number of carbonyl (C=O) groups excluding carboxylic acids is 1. The van der Waals surface area contributed by atoms with E-state index in [1.807, 2.05) is 0 Å². The zero-order valence-corrected chi connectivity index (χ0v) is 14.5. The van der Waals surface area contributed by atoms with Crippen LogP contribution in [0, 0.1) is 0 Å². The van der Waals surface area contributed by atoms with Crippen LogP contribution in [0.2, 0.25) is 5.02 Å². The predicted octanol–water partition coefficient (Wildman–Crippen LogP) is 4.08. The first-order valence-electron chi connectivity index (χ1n) is 7.64. The first-order chi connectivity index (χ1) is 12.4. The number of hydrogen-bond acceptors (Lipinski definition) is 3.